The van der Waals surface area contributed by atoms with Crippen molar-refractivity contribution in [3.63, 3.8) is 0 Å². The summed E-state index contributed by atoms with van der Waals surface area (Å²) in [6, 6.07) is -0.477. The van der Waals surface area contributed by atoms with Crippen LogP contribution in [0, 0.1) is 5.41 Å². The fourth-order valence-electron chi connectivity index (χ4n) is 2.01. The van der Waals surface area contributed by atoms with Crippen molar-refractivity contribution in [2.45, 2.75) is 52.6 Å². The summed E-state index contributed by atoms with van der Waals surface area (Å²) < 4.78 is 0. The first-order chi connectivity index (χ1) is 8.25. The van der Waals surface area contributed by atoms with Gasteiger partial charge < -0.3 is 16.0 Å². The number of nitrogens with one attached hydrogen (secondary N) is 1. The van der Waals surface area contributed by atoms with E-state index in [4.69, 9.17) is 5.73 Å². The van der Waals surface area contributed by atoms with Gasteiger partial charge >= 0.3 is 0 Å². The van der Waals surface area contributed by atoms with Crippen molar-refractivity contribution in [1.29, 1.82) is 0 Å². The molecule has 1 rings (SSSR count). The summed E-state index contributed by atoms with van der Waals surface area (Å²) in [7, 11) is 0. The van der Waals surface area contributed by atoms with Gasteiger partial charge in [0.15, 0.2) is 0 Å². The molecule has 1 saturated heterocycles. The predicted octanol–water partition coefficient (Wildman–Crippen LogP) is 0.487. The Morgan fingerprint density at radius 3 is 2.56 bits per heavy atom. The van der Waals surface area contributed by atoms with Crippen LogP contribution in [0.1, 0.15) is 40.5 Å². The number of nitrogens with zero attached hydrogens (tertiary/aromatic N) is 1. The fourth-order valence-corrected chi connectivity index (χ4v) is 2.01. The van der Waals surface area contributed by atoms with Crippen LogP contribution in [0.4, 0.5) is 0 Å². The van der Waals surface area contributed by atoms with Crippen LogP contribution >= 0.6 is 0 Å². The largest absolute Gasteiger partial charge is 0.350 e. The summed E-state index contributed by atoms with van der Waals surface area (Å²) >= 11 is 0. The van der Waals surface area contributed by atoms with Crippen molar-refractivity contribution in [3.05, 3.63) is 0 Å². The van der Waals surface area contributed by atoms with Crippen molar-refractivity contribution < 1.29 is 9.59 Å². The van der Waals surface area contributed by atoms with E-state index >= 15 is 0 Å². The van der Waals surface area contributed by atoms with Gasteiger partial charge in [0.05, 0.1) is 6.04 Å². The zero-order valence-corrected chi connectivity index (χ0v) is 11.8. The number of rotatable bonds is 3. The molecule has 0 saturated carbocycles. The zero-order chi connectivity index (χ0) is 13.9. The highest BCUT2D eigenvalue weighted by atomic mass is 16.2. The Bertz CT molecular complexity index is 323. The molecule has 2 atom stereocenters. The average molecular weight is 255 g/mol. The second kappa shape index (κ2) is 5.69. The molecule has 2 amide bonds. The van der Waals surface area contributed by atoms with Crippen molar-refractivity contribution >= 4 is 11.8 Å². The fraction of sp³-hybridized carbons (Fsp3) is 0.846. The van der Waals surface area contributed by atoms with E-state index in [9.17, 15) is 9.59 Å². The van der Waals surface area contributed by atoms with Gasteiger partial charge in [-0.15, -0.1) is 0 Å². The van der Waals surface area contributed by atoms with Gasteiger partial charge in [-0.25, -0.2) is 0 Å². The van der Waals surface area contributed by atoms with E-state index in [0.717, 1.165) is 13.0 Å². The molecular weight excluding hydrogens is 230 g/mol. The number of likely N-dealkylation sites (tertiary alicyclic amines) is 1. The average Bonchev–Trinajstić information content (AvgIpc) is 2.74. The molecule has 1 fully saturated rings. The van der Waals surface area contributed by atoms with E-state index in [0.29, 0.717) is 13.0 Å². The first-order valence-corrected chi connectivity index (χ1v) is 6.59. The van der Waals surface area contributed by atoms with Gasteiger partial charge in [-0.1, -0.05) is 27.7 Å². The van der Waals surface area contributed by atoms with E-state index in [1.54, 1.807) is 4.90 Å². The minimum absolute atomic E-state index is 0.0430. The molecule has 104 valence electrons. The molecule has 3 N–H and O–H groups in total. The lowest BCUT2D eigenvalue weighted by Crippen LogP contribution is -2.52. The van der Waals surface area contributed by atoms with Gasteiger partial charge in [0, 0.05) is 25.6 Å². The standard InChI is InChI=1S/C13H25N3O2/c1-5-10(17)16-7-6-9(8-16)15-12(18)11(14)13(2,3)4/h9,11H,5-8,14H2,1-4H3,(H,15,18)/t9?,11-/m1/s1. The van der Waals surface area contributed by atoms with Crippen LogP contribution in [0.3, 0.4) is 0 Å². The van der Waals surface area contributed by atoms with Crippen molar-refractivity contribution in [3.8, 4) is 0 Å². The molecule has 1 unspecified atom stereocenters. The zero-order valence-electron chi connectivity index (χ0n) is 11.8. The number of carbonyl (C=O) groups excluding carboxylic acids is 2. The summed E-state index contributed by atoms with van der Waals surface area (Å²) in [4.78, 5) is 25.3. The highest BCUT2D eigenvalue weighted by Gasteiger charge is 2.31. The molecule has 0 spiro atoms. The van der Waals surface area contributed by atoms with Gasteiger partial charge in [-0.05, 0) is 11.8 Å². The van der Waals surface area contributed by atoms with Crippen LogP contribution in [0.2, 0.25) is 0 Å². The first kappa shape index (κ1) is 15.0. The molecule has 0 aromatic heterocycles. The molecule has 1 aliphatic heterocycles. The smallest absolute Gasteiger partial charge is 0.237 e. The van der Waals surface area contributed by atoms with Gasteiger partial charge in [0.2, 0.25) is 11.8 Å². The number of carbonyl (C=O) groups is 2. The number of nitrogens with two attached hydrogens (primary N) is 1. The SMILES string of the molecule is CCC(=O)N1CCC(NC(=O)[C@@H](N)C(C)(C)C)C1. The second-order valence-electron chi connectivity index (χ2n) is 6.03. The topological polar surface area (TPSA) is 75.4 Å². The highest BCUT2D eigenvalue weighted by molar-refractivity contribution is 5.83. The maximum Gasteiger partial charge on any atom is 0.237 e. The summed E-state index contributed by atoms with van der Waals surface area (Å²) in [5.74, 6) is 0.0187. The monoisotopic (exact) mass is 255 g/mol. The van der Waals surface area contributed by atoms with E-state index in [-0.39, 0.29) is 23.3 Å². The molecule has 1 aliphatic rings. The molecule has 5 heteroatoms. The Morgan fingerprint density at radius 2 is 2.06 bits per heavy atom. The number of hydrogen-bond acceptors (Lipinski definition) is 3. The van der Waals surface area contributed by atoms with Gasteiger partial charge in [-0.3, -0.25) is 9.59 Å². The third-order valence-electron chi connectivity index (χ3n) is 3.41. The van der Waals surface area contributed by atoms with Crippen molar-refractivity contribution in [2.75, 3.05) is 13.1 Å². The Hall–Kier alpha value is -1.10. The Labute approximate surface area is 109 Å². The Balaban J connectivity index is 2.46. The number of amides is 2. The number of hydrogen-bond donors (Lipinski definition) is 2. The second-order valence-corrected chi connectivity index (χ2v) is 6.03. The van der Waals surface area contributed by atoms with Crippen molar-refractivity contribution in [1.82, 2.24) is 10.2 Å². The van der Waals surface area contributed by atoms with E-state index in [2.05, 4.69) is 5.32 Å². The van der Waals surface area contributed by atoms with Gasteiger partial charge in [0.25, 0.3) is 0 Å². The molecule has 18 heavy (non-hydrogen) atoms. The van der Waals surface area contributed by atoms with Gasteiger partial charge in [-0.2, -0.15) is 0 Å². The molecular formula is C13H25N3O2. The van der Waals surface area contributed by atoms with Crippen LogP contribution in [-0.2, 0) is 9.59 Å². The van der Waals surface area contributed by atoms with Gasteiger partial charge in [0.1, 0.15) is 0 Å². The maximum atomic E-state index is 12.0. The van der Waals surface area contributed by atoms with Crippen molar-refractivity contribution in [2.24, 2.45) is 11.1 Å². The lowest BCUT2D eigenvalue weighted by molar-refractivity contribution is -0.130. The lowest BCUT2D eigenvalue weighted by Gasteiger charge is -2.27. The van der Waals surface area contributed by atoms with E-state index < -0.39 is 6.04 Å². The Kier molecular flexibility index (Phi) is 4.73. The van der Waals surface area contributed by atoms with E-state index in [1.807, 2.05) is 27.7 Å². The molecule has 0 bridgehead atoms. The van der Waals surface area contributed by atoms with Crippen LogP contribution in [0.15, 0.2) is 0 Å². The minimum Gasteiger partial charge on any atom is -0.350 e. The molecule has 1 heterocycles. The van der Waals surface area contributed by atoms with Crippen LogP contribution in [-0.4, -0.2) is 41.9 Å². The summed E-state index contributed by atoms with van der Waals surface area (Å²) in [5.41, 5.74) is 5.65. The van der Waals surface area contributed by atoms with Crippen LogP contribution < -0.4 is 11.1 Å². The highest BCUT2D eigenvalue weighted by Crippen LogP contribution is 2.18. The lowest BCUT2D eigenvalue weighted by atomic mass is 9.87. The quantitative estimate of drug-likeness (QED) is 0.770. The molecule has 0 aliphatic carbocycles. The molecule has 0 aromatic carbocycles. The predicted molar refractivity (Wildman–Crippen MR) is 70.8 cm³/mol. The minimum atomic E-state index is -0.520. The molecule has 5 nitrogen and oxygen atoms in total. The Morgan fingerprint density at radius 1 is 1.44 bits per heavy atom. The molecule has 0 aromatic rings. The third kappa shape index (κ3) is 3.70. The normalized spacial score (nSPS) is 21.8. The summed E-state index contributed by atoms with van der Waals surface area (Å²) in [6.45, 7) is 9.01. The summed E-state index contributed by atoms with van der Waals surface area (Å²) in [5, 5.41) is 2.94. The maximum absolute atomic E-state index is 12.0. The van der Waals surface area contributed by atoms with Crippen LogP contribution in [0.5, 0.6) is 0 Å². The molecule has 0 radical (unpaired) electrons. The first-order valence-electron chi connectivity index (χ1n) is 6.59. The third-order valence-corrected chi connectivity index (χ3v) is 3.41. The van der Waals surface area contributed by atoms with E-state index in [1.165, 1.54) is 0 Å². The van der Waals surface area contributed by atoms with Crippen LogP contribution in [0.25, 0.3) is 0 Å². The summed E-state index contributed by atoms with van der Waals surface area (Å²) in [6.07, 6.45) is 1.33.